The number of aromatic amines is 1. The van der Waals surface area contributed by atoms with Crippen molar-refractivity contribution in [3.05, 3.63) is 33.2 Å². The average molecular weight is 285 g/mol. The van der Waals surface area contributed by atoms with E-state index in [1.807, 2.05) is 0 Å². The van der Waals surface area contributed by atoms with Crippen molar-refractivity contribution in [2.75, 3.05) is 6.61 Å². The summed E-state index contributed by atoms with van der Waals surface area (Å²) in [4.78, 5) is 24.3. The molecule has 0 fully saturated rings. The molecule has 106 valence electrons. The zero-order valence-corrected chi connectivity index (χ0v) is 9.48. The van der Waals surface area contributed by atoms with Gasteiger partial charge in [-0.05, 0) is 6.92 Å². The summed E-state index contributed by atoms with van der Waals surface area (Å²) in [7, 11) is 0. The monoisotopic (exact) mass is 285 g/mol. The Morgan fingerprint density at radius 1 is 1.42 bits per heavy atom. The van der Waals surface area contributed by atoms with E-state index >= 15 is 0 Å². The van der Waals surface area contributed by atoms with Crippen molar-refractivity contribution in [3.63, 3.8) is 0 Å². The minimum Gasteiger partial charge on any atom is -0.462 e. The second-order valence-electron chi connectivity index (χ2n) is 3.34. The largest absolute Gasteiger partial charge is 0.462 e. The third kappa shape index (κ3) is 3.09. The number of hydrogen-bond donors (Lipinski definition) is 1. The molecule has 19 heavy (non-hydrogen) atoms. The highest BCUT2D eigenvalue weighted by molar-refractivity contribution is 5.91. The molecule has 0 atom stereocenters. The van der Waals surface area contributed by atoms with Gasteiger partial charge in [-0.2, -0.15) is 13.2 Å². The molecule has 0 aromatic carbocycles. The van der Waals surface area contributed by atoms with Gasteiger partial charge in [0.25, 0.3) is 12.0 Å². The van der Waals surface area contributed by atoms with Crippen LogP contribution in [0.2, 0.25) is 0 Å². The molecule has 0 aliphatic heterocycles. The van der Waals surface area contributed by atoms with Crippen LogP contribution < -0.4 is 5.56 Å². The van der Waals surface area contributed by atoms with Gasteiger partial charge in [-0.1, -0.05) is 0 Å². The lowest BCUT2D eigenvalue weighted by molar-refractivity contribution is -0.140. The third-order valence-electron chi connectivity index (χ3n) is 2.12. The fourth-order valence-corrected chi connectivity index (χ4v) is 1.42. The molecule has 0 spiro atoms. The van der Waals surface area contributed by atoms with Gasteiger partial charge in [0.05, 0.1) is 12.2 Å². The minimum absolute atomic E-state index is 0.235. The van der Waals surface area contributed by atoms with Crippen LogP contribution in [0, 0.1) is 0 Å². The average Bonchev–Trinajstić information content (AvgIpc) is 2.26. The van der Waals surface area contributed by atoms with E-state index in [4.69, 9.17) is 0 Å². The number of hydrogen-bond acceptors (Lipinski definition) is 3. The molecule has 0 bridgehead atoms. The van der Waals surface area contributed by atoms with E-state index in [0.717, 1.165) is 0 Å². The predicted molar refractivity (Wildman–Crippen MR) is 53.0 cm³/mol. The molecule has 0 radical (unpaired) electrons. The molecule has 1 heterocycles. The summed E-state index contributed by atoms with van der Waals surface area (Å²) in [6.07, 6.45) is -8.54. The highest BCUT2D eigenvalue weighted by atomic mass is 19.4. The Hall–Kier alpha value is -1.93. The zero-order chi connectivity index (χ0) is 14.8. The maximum Gasteiger partial charge on any atom is 0.417 e. The van der Waals surface area contributed by atoms with Gasteiger partial charge in [0.15, 0.2) is 0 Å². The van der Waals surface area contributed by atoms with Crippen molar-refractivity contribution in [3.8, 4) is 0 Å². The fourth-order valence-electron chi connectivity index (χ4n) is 1.42. The first-order valence-corrected chi connectivity index (χ1v) is 4.98. The molecule has 0 aliphatic carbocycles. The molecular weight excluding hydrogens is 277 g/mol. The molecular formula is C10H8F5NO3. The molecule has 0 unspecified atom stereocenters. The second-order valence-corrected chi connectivity index (χ2v) is 3.34. The van der Waals surface area contributed by atoms with Crippen molar-refractivity contribution in [2.24, 2.45) is 0 Å². The van der Waals surface area contributed by atoms with Crippen LogP contribution in [-0.4, -0.2) is 17.6 Å². The van der Waals surface area contributed by atoms with Gasteiger partial charge in [-0.15, -0.1) is 0 Å². The number of esters is 1. The van der Waals surface area contributed by atoms with E-state index in [9.17, 15) is 31.5 Å². The quantitative estimate of drug-likeness (QED) is 0.685. The third-order valence-corrected chi connectivity index (χ3v) is 2.12. The van der Waals surface area contributed by atoms with E-state index < -0.39 is 40.8 Å². The predicted octanol–water partition coefficient (Wildman–Crippen LogP) is 2.51. The molecule has 9 heteroatoms. The molecule has 0 saturated heterocycles. The van der Waals surface area contributed by atoms with Crippen molar-refractivity contribution >= 4 is 5.97 Å². The molecule has 1 aromatic rings. The summed E-state index contributed by atoms with van der Waals surface area (Å²) in [5.74, 6) is -1.60. The van der Waals surface area contributed by atoms with Crippen LogP contribution in [-0.2, 0) is 10.9 Å². The number of ether oxygens (including phenoxy) is 1. The van der Waals surface area contributed by atoms with Crippen LogP contribution in [0.5, 0.6) is 0 Å². The highest BCUT2D eigenvalue weighted by Crippen LogP contribution is 2.37. The first kappa shape index (κ1) is 15.1. The van der Waals surface area contributed by atoms with Crippen LogP contribution in [0.3, 0.4) is 0 Å². The van der Waals surface area contributed by atoms with Crippen LogP contribution in [0.25, 0.3) is 0 Å². The number of rotatable bonds is 3. The Morgan fingerprint density at radius 3 is 2.42 bits per heavy atom. The number of alkyl halides is 5. The maximum absolute atomic E-state index is 12.8. The van der Waals surface area contributed by atoms with Crippen molar-refractivity contribution in [1.82, 2.24) is 4.98 Å². The van der Waals surface area contributed by atoms with Gasteiger partial charge in [-0.25, -0.2) is 13.6 Å². The van der Waals surface area contributed by atoms with Crippen molar-refractivity contribution in [1.29, 1.82) is 0 Å². The molecule has 1 N–H and O–H groups in total. The first-order chi connectivity index (χ1) is 8.70. The zero-order valence-electron chi connectivity index (χ0n) is 9.48. The Balaban J connectivity index is 3.64. The summed E-state index contributed by atoms with van der Waals surface area (Å²) in [5, 5.41) is 0. The number of carbonyl (C=O) groups is 1. The molecule has 0 amide bonds. The van der Waals surface area contributed by atoms with Gasteiger partial charge in [-0.3, -0.25) is 4.79 Å². The highest BCUT2D eigenvalue weighted by Gasteiger charge is 2.42. The van der Waals surface area contributed by atoms with Gasteiger partial charge in [0.2, 0.25) is 0 Å². The number of carbonyl (C=O) groups excluding carboxylic acids is 1. The van der Waals surface area contributed by atoms with Crippen molar-refractivity contribution in [2.45, 2.75) is 19.5 Å². The lowest BCUT2D eigenvalue weighted by Gasteiger charge is -2.15. The van der Waals surface area contributed by atoms with E-state index in [1.54, 1.807) is 4.98 Å². The minimum atomic E-state index is -5.28. The molecule has 0 saturated carbocycles. The molecule has 1 rings (SSSR count). The number of nitrogens with one attached hydrogen (secondary N) is 1. The summed E-state index contributed by atoms with van der Waals surface area (Å²) in [6.45, 7) is 1.00. The summed E-state index contributed by atoms with van der Waals surface area (Å²) in [5.41, 5.74) is -6.35. The summed E-state index contributed by atoms with van der Waals surface area (Å²) in [6, 6.07) is 0. The Labute approximate surface area is 103 Å². The van der Waals surface area contributed by atoms with E-state index in [-0.39, 0.29) is 12.8 Å². The summed E-state index contributed by atoms with van der Waals surface area (Å²) < 4.78 is 67.6. The first-order valence-electron chi connectivity index (χ1n) is 4.98. The molecule has 0 aliphatic rings. The Morgan fingerprint density at radius 2 is 2.00 bits per heavy atom. The summed E-state index contributed by atoms with van der Waals surface area (Å²) >= 11 is 0. The second kappa shape index (κ2) is 5.37. The van der Waals surface area contributed by atoms with Gasteiger partial charge in [0.1, 0.15) is 5.56 Å². The number of H-pyrrole nitrogens is 1. The molecule has 4 nitrogen and oxygen atoms in total. The Bertz CT molecular complexity index is 535. The lowest BCUT2D eigenvalue weighted by atomic mass is 10.0. The topological polar surface area (TPSA) is 59.2 Å². The van der Waals surface area contributed by atoms with Crippen molar-refractivity contribution < 1.29 is 31.5 Å². The number of halogens is 5. The fraction of sp³-hybridized carbons (Fsp3) is 0.400. The SMILES string of the molecule is CCOC(=O)c1c(C(F)(F)F)c(C(F)F)c[nH]c1=O. The smallest absolute Gasteiger partial charge is 0.417 e. The number of pyridine rings is 1. The van der Waals surface area contributed by atoms with Crippen LogP contribution in [0.1, 0.15) is 34.8 Å². The van der Waals surface area contributed by atoms with Gasteiger partial charge >= 0.3 is 12.1 Å². The van der Waals surface area contributed by atoms with Crippen LogP contribution >= 0.6 is 0 Å². The van der Waals surface area contributed by atoms with Gasteiger partial charge < -0.3 is 9.72 Å². The van der Waals surface area contributed by atoms with Gasteiger partial charge in [0, 0.05) is 11.8 Å². The van der Waals surface area contributed by atoms with Crippen LogP contribution in [0.4, 0.5) is 22.0 Å². The van der Waals surface area contributed by atoms with E-state index in [1.165, 1.54) is 6.92 Å². The maximum atomic E-state index is 12.8. The van der Waals surface area contributed by atoms with E-state index in [0.29, 0.717) is 0 Å². The number of aromatic nitrogens is 1. The van der Waals surface area contributed by atoms with Crippen LogP contribution in [0.15, 0.2) is 11.0 Å². The standard InChI is InChI=1S/C10H8F5NO3/c1-2-19-9(18)5-6(10(13,14)15)4(7(11)12)3-16-8(5)17/h3,7H,2H2,1H3,(H,16,17). The lowest BCUT2D eigenvalue weighted by Crippen LogP contribution is -2.28. The Kier molecular flexibility index (Phi) is 4.28. The molecule has 1 aromatic heterocycles. The normalized spacial score (nSPS) is 11.7. The van der Waals surface area contributed by atoms with E-state index in [2.05, 4.69) is 4.74 Å².